The number of rotatable bonds is 3. The molecule has 0 saturated carbocycles. The van der Waals surface area contributed by atoms with Gasteiger partial charge in [0, 0.05) is 17.0 Å². The Balaban J connectivity index is 2.26. The summed E-state index contributed by atoms with van der Waals surface area (Å²) in [6, 6.07) is 3.10. The number of aliphatic hydroxyl groups excluding tert-OH is 1. The molecule has 0 saturated heterocycles. The van der Waals surface area contributed by atoms with E-state index in [1.807, 2.05) is 0 Å². The fraction of sp³-hybridized carbons (Fsp3) is 0.188. The Hall–Kier alpha value is -2.72. The number of hydrogen-bond acceptors (Lipinski definition) is 5. The maximum atomic E-state index is 13.2. The predicted octanol–water partition coefficient (Wildman–Crippen LogP) is 3.31. The molecule has 136 valence electrons. The largest absolute Gasteiger partial charge is 0.418 e. The summed E-state index contributed by atoms with van der Waals surface area (Å²) in [6.45, 7) is 1.24. The third kappa shape index (κ3) is 3.20. The van der Waals surface area contributed by atoms with Crippen LogP contribution in [0.25, 0.3) is 10.9 Å². The Bertz CT molecular complexity index is 1030. The number of halogens is 3. The molecule has 2 aromatic heterocycles. The van der Waals surface area contributed by atoms with Crippen LogP contribution in [0.3, 0.4) is 0 Å². The van der Waals surface area contributed by atoms with Crippen molar-refractivity contribution in [2.75, 3.05) is 5.32 Å². The second kappa shape index (κ2) is 6.54. The third-order valence-electron chi connectivity index (χ3n) is 3.67. The van der Waals surface area contributed by atoms with Gasteiger partial charge < -0.3 is 10.1 Å². The topological polar surface area (TPSA) is 95.1 Å². The number of carbonyl (C=O) groups excluding carboxylic acids is 1. The van der Waals surface area contributed by atoms with Crippen LogP contribution in [0.1, 0.15) is 34.6 Å². The van der Waals surface area contributed by atoms with Crippen LogP contribution in [0.4, 0.5) is 18.3 Å². The molecule has 0 fully saturated rings. The molecule has 0 spiro atoms. The minimum absolute atomic E-state index is 0.218. The zero-order valence-corrected chi connectivity index (χ0v) is 14.0. The zero-order valence-electron chi connectivity index (χ0n) is 13.2. The van der Waals surface area contributed by atoms with E-state index in [2.05, 4.69) is 15.3 Å². The summed E-state index contributed by atoms with van der Waals surface area (Å²) in [5, 5.41) is 13.8. The average Bonchev–Trinajstić information content (AvgIpc) is 3.05. The van der Waals surface area contributed by atoms with Gasteiger partial charge in [-0.3, -0.25) is 14.9 Å². The quantitative estimate of drug-likeness (QED) is 0.647. The van der Waals surface area contributed by atoms with Crippen molar-refractivity contribution in [3.63, 3.8) is 0 Å². The van der Waals surface area contributed by atoms with Crippen molar-refractivity contribution in [3.05, 3.63) is 56.8 Å². The van der Waals surface area contributed by atoms with Crippen molar-refractivity contribution in [1.82, 2.24) is 9.97 Å². The van der Waals surface area contributed by atoms with Crippen LogP contribution >= 0.6 is 11.3 Å². The molecule has 1 unspecified atom stereocenters. The number of alkyl halides is 3. The molecule has 10 heteroatoms. The molecule has 3 aromatic rings. The standard InChI is InChI=1S/C16H12F3N3O3S/c1-7(23)11-10(14(25)22-15-20-5-6-26-15)13(24)8-3-2-4-9(12(8)21-11)16(17,18)19/h2-7,23H,1H3,(H,21,24)(H,20,22,25). The minimum atomic E-state index is -4.71. The molecular weight excluding hydrogens is 371 g/mol. The maximum absolute atomic E-state index is 13.2. The molecule has 0 aliphatic carbocycles. The fourth-order valence-electron chi connectivity index (χ4n) is 2.55. The van der Waals surface area contributed by atoms with Gasteiger partial charge in [-0.1, -0.05) is 6.07 Å². The molecule has 0 aliphatic rings. The van der Waals surface area contributed by atoms with Crippen LogP contribution in [0, 0.1) is 0 Å². The van der Waals surface area contributed by atoms with Crippen molar-refractivity contribution in [1.29, 1.82) is 0 Å². The van der Waals surface area contributed by atoms with Crippen LogP contribution in [-0.4, -0.2) is 21.0 Å². The van der Waals surface area contributed by atoms with Gasteiger partial charge in [-0.2, -0.15) is 13.2 Å². The Kier molecular flexibility index (Phi) is 4.55. The van der Waals surface area contributed by atoms with Crippen LogP contribution in [0.2, 0.25) is 0 Å². The summed E-state index contributed by atoms with van der Waals surface area (Å²) < 4.78 is 39.7. The molecule has 0 radical (unpaired) electrons. The number of thiazole rings is 1. The summed E-state index contributed by atoms with van der Waals surface area (Å²) in [5.74, 6) is -0.864. The molecule has 2 heterocycles. The number of carbonyl (C=O) groups is 1. The summed E-state index contributed by atoms with van der Waals surface area (Å²) in [4.78, 5) is 31.5. The van der Waals surface area contributed by atoms with Crippen molar-refractivity contribution >= 4 is 33.3 Å². The normalized spacial score (nSPS) is 13.0. The summed E-state index contributed by atoms with van der Waals surface area (Å²) in [7, 11) is 0. The lowest BCUT2D eigenvalue weighted by Crippen LogP contribution is -2.26. The Morgan fingerprint density at radius 1 is 1.38 bits per heavy atom. The second-order valence-corrected chi connectivity index (χ2v) is 6.33. The highest BCUT2D eigenvalue weighted by molar-refractivity contribution is 7.13. The number of hydrogen-bond donors (Lipinski definition) is 3. The number of benzene rings is 1. The van der Waals surface area contributed by atoms with Gasteiger partial charge in [0.1, 0.15) is 5.56 Å². The molecule has 26 heavy (non-hydrogen) atoms. The van der Waals surface area contributed by atoms with Gasteiger partial charge in [-0.05, 0) is 19.1 Å². The summed E-state index contributed by atoms with van der Waals surface area (Å²) >= 11 is 1.11. The van der Waals surface area contributed by atoms with E-state index >= 15 is 0 Å². The van der Waals surface area contributed by atoms with E-state index < -0.39 is 40.3 Å². The van der Waals surface area contributed by atoms with E-state index in [-0.39, 0.29) is 16.2 Å². The van der Waals surface area contributed by atoms with E-state index in [4.69, 9.17) is 0 Å². The molecule has 0 aliphatic heterocycles. The highest BCUT2D eigenvalue weighted by atomic mass is 32.1. The van der Waals surface area contributed by atoms with Crippen molar-refractivity contribution < 1.29 is 23.1 Å². The van der Waals surface area contributed by atoms with Gasteiger partial charge in [0.15, 0.2) is 5.13 Å². The smallest absolute Gasteiger partial charge is 0.387 e. The predicted molar refractivity (Wildman–Crippen MR) is 90.3 cm³/mol. The first-order chi connectivity index (χ1) is 12.2. The molecule has 3 N–H and O–H groups in total. The lowest BCUT2D eigenvalue weighted by molar-refractivity contribution is -0.136. The van der Waals surface area contributed by atoms with Crippen LogP contribution in [-0.2, 0) is 6.18 Å². The molecule has 1 amide bonds. The number of nitrogens with zero attached hydrogens (tertiary/aromatic N) is 1. The summed E-state index contributed by atoms with van der Waals surface area (Å²) in [5.41, 5.74) is -3.20. The van der Waals surface area contributed by atoms with Crippen molar-refractivity contribution in [2.45, 2.75) is 19.2 Å². The molecule has 1 aromatic carbocycles. The lowest BCUT2D eigenvalue weighted by Gasteiger charge is -2.16. The number of amides is 1. The maximum Gasteiger partial charge on any atom is 0.418 e. The zero-order chi connectivity index (χ0) is 19.1. The first-order valence-corrected chi connectivity index (χ1v) is 8.23. The van der Waals surface area contributed by atoms with Gasteiger partial charge in [0.25, 0.3) is 5.91 Å². The molecular formula is C16H12F3N3O3S. The second-order valence-electron chi connectivity index (χ2n) is 5.44. The SMILES string of the molecule is CC(O)c1[nH]c2c(C(F)(F)F)cccc2c(=O)c1C(=O)Nc1nccs1. The number of nitrogens with one attached hydrogen (secondary N) is 2. The van der Waals surface area contributed by atoms with Gasteiger partial charge >= 0.3 is 6.18 Å². The number of aromatic nitrogens is 2. The number of H-pyrrole nitrogens is 1. The number of pyridine rings is 1. The minimum Gasteiger partial charge on any atom is -0.387 e. The Labute approximate surface area is 148 Å². The van der Waals surface area contributed by atoms with Gasteiger partial charge in [-0.15, -0.1) is 11.3 Å². The van der Waals surface area contributed by atoms with Crippen LogP contribution in [0.5, 0.6) is 0 Å². The third-order valence-corrected chi connectivity index (χ3v) is 4.36. The van der Waals surface area contributed by atoms with Gasteiger partial charge in [0.05, 0.1) is 22.9 Å². The molecule has 3 rings (SSSR count). The first kappa shape index (κ1) is 18.1. The number of anilines is 1. The van der Waals surface area contributed by atoms with E-state index in [0.29, 0.717) is 0 Å². The van der Waals surface area contributed by atoms with Crippen molar-refractivity contribution in [3.8, 4) is 0 Å². The average molecular weight is 383 g/mol. The Morgan fingerprint density at radius 3 is 2.69 bits per heavy atom. The number of aliphatic hydroxyl groups is 1. The number of para-hydroxylation sites is 1. The molecule has 0 bridgehead atoms. The van der Waals surface area contributed by atoms with E-state index in [1.165, 1.54) is 19.2 Å². The highest BCUT2D eigenvalue weighted by Crippen LogP contribution is 2.34. The molecule has 6 nitrogen and oxygen atoms in total. The van der Waals surface area contributed by atoms with Gasteiger partial charge in [0.2, 0.25) is 5.43 Å². The fourth-order valence-corrected chi connectivity index (χ4v) is 3.07. The monoisotopic (exact) mass is 383 g/mol. The van der Waals surface area contributed by atoms with Crippen molar-refractivity contribution in [2.24, 2.45) is 0 Å². The van der Waals surface area contributed by atoms with Gasteiger partial charge in [-0.25, -0.2) is 4.98 Å². The lowest BCUT2D eigenvalue weighted by atomic mass is 10.0. The van der Waals surface area contributed by atoms with E-state index in [1.54, 1.807) is 5.38 Å². The van der Waals surface area contributed by atoms with Crippen LogP contribution in [0.15, 0.2) is 34.6 Å². The molecule has 1 atom stereocenters. The summed E-state index contributed by atoms with van der Waals surface area (Å²) in [6.07, 6.45) is -4.63. The highest BCUT2D eigenvalue weighted by Gasteiger charge is 2.34. The number of fused-ring (bicyclic) bond motifs is 1. The van der Waals surface area contributed by atoms with Crippen LogP contribution < -0.4 is 10.7 Å². The number of aromatic amines is 1. The first-order valence-electron chi connectivity index (χ1n) is 7.35. The Morgan fingerprint density at radius 2 is 2.12 bits per heavy atom. The van der Waals surface area contributed by atoms with E-state index in [0.717, 1.165) is 23.5 Å². The van der Waals surface area contributed by atoms with E-state index in [9.17, 15) is 27.9 Å².